The molecule has 6 nitrogen and oxygen atoms in total. The van der Waals surface area contributed by atoms with Gasteiger partial charge in [-0.1, -0.05) is 42.6 Å². The van der Waals surface area contributed by atoms with Crippen molar-refractivity contribution in [2.45, 2.75) is 60.1 Å². The Hall–Kier alpha value is -2.34. The van der Waals surface area contributed by atoms with Crippen LogP contribution in [0.4, 0.5) is 5.69 Å². The molecule has 0 radical (unpaired) electrons. The summed E-state index contributed by atoms with van der Waals surface area (Å²) in [5.41, 5.74) is 3.44. The second-order valence-corrected chi connectivity index (χ2v) is 7.04. The smallest absolute Gasteiger partial charge is 0.343 e. The second kappa shape index (κ2) is 9.04. The van der Waals surface area contributed by atoms with Crippen LogP contribution in [0.2, 0.25) is 5.15 Å². The molecule has 2 aromatic rings. The number of anilines is 1. The van der Waals surface area contributed by atoms with E-state index in [4.69, 9.17) is 16.3 Å². The van der Waals surface area contributed by atoms with Gasteiger partial charge in [0.1, 0.15) is 10.7 Å². The lowest BCUT2D eigenvalue weighted by molar-refractivity contribution is -0.123. The molecule has 0 spiro atoms. The van der Waals surface area contributed by atoms with E-state index < -0.39 is 18.0 Å². The molecular weight excluding hydrogens is 366 g/mol. The average Bonchev–Trinajstić information content (AvgIpc) is 2.88. The highest BCUT2D eigenvalue weighted by atomic mass is 35.5. The zero-order valence-corrected chi connectivity index (χ0v) is 17.2. The quantitative estimate of drug-likeness (QED) is 0.708. The highest BCUT2D eigenvalue weighted by Crippen LogP contribution is 2.22. The third-order valence-electron chi connectivity index (χ3n) is 4.29. The van der Waals surface area contributed by atoms with E-state index in [-0.39, 0.29) is 10.7 Å². The van der Waals surface area contributed by atoms with Gasteiger partial charge in [0.15, 0.2) is 6.10 Å². The van der Waals surface area contributed by atoms with E-state index >= 15 is 0 Å². The number of ether oxygens (including phenoxy) is 1. The average molecular weight is 392 g/mol. The molecule has 1 aromatic carbocycles. The number of hydrogen-bond donors (Lipinski definition) is 1. The van der Waals surface area contributed by atoms with Gasteiger partial charge in [-0.25, -0.2) is 4.79 Å². The van der Waals surface area contributed by atoms with E-state index in [1.807, 2.05) is 32.0 Å². The van der Waals surface area contributed by atoms with Gasteiger partial charge >= 0.3 is 5.97 Å². The van der Waals surface area contributed by atoms with Gasteiger partial charge in [-0.3, -0.25) is 9.48 Å². The third kappa shape index (κ3) is 5.10. The van der Waals surface area contributed by atoms with Crippen LogP contribution in [-0.4, -0.2) is 27.8 Å². The van der Waals surface area contributed by atoms with Crippen molar-refractivity contribution in [2.24, 2.45) is 0 Å². The zero-order chi connectivity index (χ0) is 20.1. The maximum atomic E-state index is 12.5. The molecule has 7 heteroatoms. The summed E-state index contributed by atoms with van der Waals surface area (Å²) >= 11 is 6.29. The summed E-state index contributed by atoms with van der Waals surface area (Å²) < 4.78 is 6.92. The fraction of sp³-hybridized carbons (Fsp3) is 0.450. The van der Waals surface area contributed by atoms with Crippen LogP contribution in [0, 0.1) is 20.8 Å². The molecule has 146 valence electrons. The van der Waals surface area contributed by atoms with Gasteiger partial charge < -0.3 is 10.1 Å². The van der Waals surface area contributed by atoms with Gasteiger partial charge in [0.25, 0.3) is 5.91 Å². The number of rotatable bonds is 7. The lowest BCUT2D eigenvalue weighted by Gasteiger charge is -2.15. The topological polar surface area (TPSA) is 73.2 Å². The number of hydrogen-bond acceptors (Lipinski definition) is 4. The van der Waals surface area contributed by atoms with E-state index in [0.717, 1.165) is 24.0 Å². The fourth-order valence-electron chi connectivity index (χ4n) is 2.70. The van der Waals surface area contributed by atoms with Crippen LogP contribution >= 0.6 is 11.6 Å². The molecule has 1 aromatic heterocycles. The molecule has 0 saturated heterocycles. The number of amides is 1. The number of aromatic nitrogens is 2. The molecule has 0 bridgehead atoms. The zero-order valence-electron chi connectivity index (χ0n) is 16.4. The Bertz CT molecular complexity index is 845. The Morgan fingerprint density at radius 1 is 1.30 bits per heavy atom. The first-order chi connectivity index (χ1) is 12.7. The van der Waals surface area contributed by atoms with Crippen molar-refractivity contribution in [2.75, 3.05) is 5.32 Å². The van der Waals surface area contributed by atoms with Gasteiger partial charge in [0, 0.05) is 12.2 Å². The Morgan fingerprint density at radius 2 is 2.00 bits per heavy atom. The van der Waals surface area contributed by atoms with Crippen LogP contribution in [0.1, 0.15) is 53.9 Å². The van der Waals surface area contributed by atoms with Gasteiger partial charge in [0.2, 0.25) is 0 Å². The molecule has 0 aliphatic rings. The summed E-state index contributed by atoms with van der Waals surface area (Å²) in [5.74, 6) is -1.05. The van der Waals surface area contributed by atoms with Gasteiger partial charge in [-0.05, 0) is 45.7 Å². The number of nitrogens with one attached hydrogen (secondary N) is 1. The normalized spacial score (nSPS) is 11.9. The molecule has 1 heterocycles. The predicted octanol–water partition coefficient (Wildman–Crippen LogP) is 4.45. The summed E-state index contributed by atoms with van der Waals surface area (Å²) in [7, 11) is 0. The number of nitrogens with zero attached hydrogens (tertiary/aromatic N) is 2. The minimum absolute atomic E-state index is 0.207. The van der Waals surface area contributed by atoms with E-state index in [2.05, 4.69) is 17.3 Å². The van der Waals surface area contributed by atoms with E-state index in [0.29, 0.717) is 17.9 Å². The standard InChI is InChI=1S/C20H26ClN3O3/c1-6-7-10-24-18(21)17(14(4)23-24)20(26)27-15(5)19(25)22-16-9-8-12(2)11-13(16)3/h8-9,11,15H,6-7,10H2,1-5H3,(H,22,25)/t15-/m0/s1. The summed E-state index contributed by atoms with van der Waals surface area (Å²) in [5, 5.41) is 7.32. The van der Waals surface area contributed by atoms with Crippen molar-refractivity contribution in [3.63, 3.8) is 0 Å². The Kier molecular flexibility index (Phi) is 7.02. The maximum Gasteiger partial charge on any atom is 0.343 e. The first kappa shape index (κ1) is 21.0. The lowest BCUT2D eigenvalue weighted by Crippen LogP contribution is -2.30. The van der Waals surface area contributed by atoms with Crippen molar-refractivity contribution in [3.05, 3.63) is 45.7 Å². The van der Waals surface area contributed by atoms with Crippen LogP contribution in [0.15, 0.2) is 18.2 Å². The highest BCUT2D eigenvalue weighted by Gasteiger charge is 2.25. The van der Waals surface area contributed by atoms with Crippen molar-refractivity contribution >= 4 is 29.2 Å². The number of halogens is 1. The maximum absolute atomic E-state index is 12.5. The summed E-state index contributed by atoms with van der Waals surface area (Å²) in [6.07, 6.45) is 0.932. The van der Waals surface area contributed by atoms with Crippen LogP contribution in [0.3, 0.4) is 0 Å². The van der Waals surface area contributed by atoms with E-state index in [1.54, 1.807) is 11.6 Å². The summed E-state index contributed by atoms with van der Waals surface area (Å²) in [4.78, 5) is 24.9. The monoisotopic (exact) mass is 391 g/mol. The Balaban J connectivity index is 2.06. The molecule has 0 unspecified atom stereocenters. The van der Waals surface area contributed by atoms with Gasteiger partial charge in [0.05, 0.1) is 5.69 Å². The van der Waals surface area contributed by atoms with Gasteiger partial charge in [-0.2, -0.15) is 5.10 Å². The molecular formula is C20H26ClN3O3. The molecule has 27 heavy (non-hydrogen) atoms. The molecule has 1 atom stereocenters. The van der Waals surface area contributed by atoms with Crippen LogP contribution in [0.25, 0.3) is 0 Å². The van der Waals surface area contributed by atoms with Crippen molar-refractivity contribution in [3.8, 4) is 0 Å². The predicted molar refractivity (Wildman–Crippen MR) is 106 cm³/mol. The van der Waals surface area contributed by atoms with Gasteiger partial charge in [-0.15, -0.1) is 0 Å². The number of carbonyl (C=O) groups excluding carboxylic acids is 2. The van der Waals surface area contributed by atoms with E-state index in [1.165, 1.54) is 6.92 Å². The number of benzene rings is 1. The molecule has 2 rings (SSSR count). The molecule has 0 saturated carbocycles. The first-order valence-corrected chi connectivity index (χ1v) is 9.44. The van der Waals surface area contributed by atoms with E-state index in [9.17, 15) is 9.59 Å². The third-order valence-corrected chi connectivity index (χ3v) is 4.67. The minimum atomic E-state index is -0.965. The number of unbranched alkanes of at least 4 members (excludes halogenated alkanes) is 1. The molecule has 0 aliphatic heterocycles. The molecule has 0 fully saturated rings. The Morgan fingerprint density at radius 3 is 2.63 bits per heavy atom. The summed E-state index contributed by atoms with van der Waals surface area (Å²) in [6, 6.07) is 5.71. The minimum Gasteiger partial charge on any atom is -0.449 e. The fourth-order valence-corrected chi connectivity index (χ4v) is 3.04. The first-order valence-electron chi connectivity index (χ1n) is 9.06. The highest BCUT2D eigenvalue weighted by molar-refractivity contribution is 6.32. The van der Waals surface area contributed by atoms with Crippen molar-refractivity contribution in [1.29, 1.82) is 0 Å². The molecule has 1 amide bonds. The van der Waals surface area contributed by atoms with Crippen molar-refractivity contribution < 1.29 is 14.3 Å². The molecule has 1 N–H and O–H groups in total. The second-order valence-electron chi connectivity index (χ2n) is 6.68. The van der Waals surface area contributed by atoms with Crippen LogP contribution in [0.5, 0.6) is 0 Å². The number of carbonyl (C=O) groups is 2. The lowest BCUT2D eigenvalue weighted by atomic mass is 10.1. The number of esters is 1. The summed E-state index contributed by atoms with van der Waals surface area (Å²) in [6.45, 7) is 9.82. The molecule has 0 aliphatic carbocycles. The van der Waals surface area contributed by atoms with Crippen LogP contribution < -0.4 is 5.32 Å². The Labute approximate surface area is 164 Å². The van der Waals surface area contributed by atoms with Crippen molar-refractivity contribution in [1.82, 2.24) is 9.78 Å². The largest absolute Gasteiger partial charge is 0.449 e. The number of aryl methyl sites for hydroxylation is 4. The van der Waals surface area contributed by atoms with Crippen LogP contribution in [-0.2, 0) is 16.1 Å². The SMILES string of the molecule is CCCCn1nc(C)c(C(=O)O[C@@H](C)C(=O)Nc2ccc(C)cc2C)c1Cl.